The molecule has 0 aliphatic heterocycles. The summed E-state index contributed by atoms with van der Waals surface area (Å²) in [5, 5.41) is 0. The molecule has 0 rings (SSSR count). The van der Waals surface area contributed by atoms with Crippen LogP contribution in [0.4, 0.5) is 0 Å². The van der Waals surface area contributed by atoms with Gasteiger partial charge in [0.15, 0.2) is 0 Å². The molecule has 0 radical (unpaired) electrons. The van der Waals surface area contributed by atoms with Crippen molar-refractivity contribution in [2.45, 2.75) is 44.8 Å². The fourth-order valence-corrected chi connectivity index (χ4v) is 0.851. The summed E-state index contributed by atoms with van der Waals surface area (Å²) in [7, 11) is 0. The number of rotatable bonds is 4. The molecule has 0 aromatic heterocycles. The molecule has 0 saturated heterocycles. The van der Waals surface area contributed by atoms with Crippen LogP contribution in [0.5, 0.6) is 0 Å². The molecule has 0 amide bonds. The largest absolute Gasteiger partial charge is 0.300 e. The second kappa shape index (κ2) is 4.02. The van der Waals surface area contributed by atoms with Crippen molar-refractivity contribution in [3.63, 3.8) is 0 Å². The first-order chi connectivity index (χ1) is 4.52. The zero-order valence-corrected chi connectivity index (χ0v) is 7.87. The minimum Gasteiger partial charge on any atom is -0.300 e. The SMILES string of the molecule is CCC(=O)CC(C)(S)CC. The Hall–Kier alpha value is 0.0200. The summed E-state index contributed by atoms with van der Waals surface area (Å²) in [6, 6.07) is 0. The van der Waals surface area contributed by atoms with Gasteiger partial charge in [-0.1, -0.05) is 20.8 Å². The van der Waals surface area contributed by atoms with Gasteiger partial charge in [0, 0.05) is 17.6 Å². The highest BCUT2D eigenvalue weighted by molar-refractivity contribution is 7.81. The molecule has 0 saturated carbocycles. The van der Waals surface area contributed by atoms with E-state index in [1.165, 1.54) is 0 Å². The van der Waals surface area contributed by atoms with Gasteiger partial charge in [0.25, 0.3) is 0 Å². The summed E-state index contributed by atoms with van der Waals surface area (Å²) in [6.07, 6.45) is 2.18. The molecule has 0 heterocycles. The maximum Gasteiger partial charge on any atom is 0.134 e. The van der Waals surface area contributed by atoms with Gasteiger partial charge in [-0.3, -0.25) is 4.79 Å². The molecule has 0 aliphatic rings. The number of carbonyl (C=O) groups is 1. The summed E-state index contributed by atoms with van der Waals surface area (Å²) in [5.41, 5.74) is 0. The highest BCUT2D eigenvalue weighted by Gasteiger charge is 2.19. The van der Waals surface area contributed by atoms with E-state index in [0.29, 0.717) is 18.6 Å². The normalized spacial score (nSPS) is 16.4. The highest BCUT2D eigenvalue weighted by Crippen LogP contribution is 2.22. The average molecular weight is 160 g/mol. The van der Waals surface area contributed by atoms with Gasteiger partial charge in [-0.2, -0.15) is 12.6 Å². The minimum atomic E-state index is -0.0902. The third-order valence-electron chi connectivity index (χ3n) is 1.73. The van der Waals surface area contributed by atoms with Gasteiger partial charge in [0.05, 0.1) is 0 Å². The number of Topliss-reactive ketones (excluding diaryl/α,β-unsaturated/α-hetero) is 1. The zero-order valence-electron chi connectivity index (χ0n) is 6.98. The lowest BCUT2D eigenvalue weighted by atomic mass is 10.00. The van der Waals surface area contributed by atoms with Gasteiger partial charge in [-0.25, -0.2) is 0 Å². The smallest absolute Gasteiger partial charge is 0.134 e. The van der Waals surface area contributed by atoms with E-state index >= 15 is 0 Å². The molecule has 1 atom stereocenters. The van der Waals surface area contributed by atoms with Crippen LogP contribution in [-0.2, 0) is 4.79 Å². The van der Waals surface area contributed by atoms with Crippen LogP contribution in [0.15, 0.2) is 0 Å². The van der Waals surface area contributed by atoms with Crippen LogP contribution in [0.2, 0.25) is 0 Å². The Kier molecular flexibility index (Phi) is 4.02. The van der Waals surface area contributed by atoms with E-state index in [9.17, 15) is 4.79 Å². The molecule has 1 unspecified atom stereocenters. The van der Waals surface area contributed by atoms with Crippen LogP contribution in [0, 0.1) is 0 Å². The van der Waals surface area contributed by atoms with Crippen molar-refractivity contribution >= 4 is 18.4 Å². The average Bonchev–Trinajstić information content (AvgIpc) is 1.87. The first-order valence-corrected chi connectivity index (χ1v) is 4.20. The van der Waals surface area contributed by atoms with Crippen molar-refractivity contribution in [1.82, 2.24) is 0 Å². The van der Waals surface area contributed by atoms with Crippen molar-refractivity contribution in [3.05, 3.63) is 0 Å². The molecule has 0 aromatic rings. The second-order valence-corrected chi connectivity index (χ2v) is 4.00. The lowest BCUT2D eigenvalue weighted by Gasteiger charge is -2.19. The summed E-state index contributed by atoms with van der Waals surface area (Å²) in [6.45, 7) is 5.95. The number of thiol groups is 1. The Morgan fingerprint density at radius 2 is 2.00 bits per heavy atom. The monoisotopic (exact) mass is 160 g/mol. The molecule has 1 nitrogen and oxygen atoms in total. The van der Waals surface area contributed by atoms with Crippen LogP contribution in [-0.4, -0.2) is 10.5 Å². The Bertz CT molecular complexity index is 118. The number of carbonyl (C=O) groups excluding carboxylic acids is 1. The molecular weight excluding hydrogens is 144 g/mol. The van der Waals surface area contributed by atoms with Crippen molar-refractivity contribution in [2.75, 3.05) is 0 Å². The Morgan fingerprint density at radius 3 is 2.30 bits per heavy atom. The number of hydrogen-bond acceptors (Lipinski definition) is 2. The molecule has 0 fully saturated rings. The molecule has 2 heteroatoms. The topological polar surface area (TPSA) is 17.1 Å². The summed E-state index contributed by atoms with van der Waals surface area (Å²) >= 11 is 4.36. The summed E-state index contributed by atoms with van der Waals surface area (Å²) < 4.78 is -0.0902. The van der Waals surface area contributed by atoms with Crippen LogP contribution in [0.1, 0.15) is 40.0 Å². The van der Waals surface area contributed by atoms with Crippen LogP contribution in [0.3, 0.4) is 0 Å². The molecule has 0 bridgehead atoms. The third-order valence-corrected chi connectivity index (χ3v) is 2.21. The quantitative estimate of drug-likeness (QED) is 0.625. The predicted molar refractivity (Wildman–Crippen MR) is 47.6 cm³/mol. The van der Waals surface area contributed by atoms with E-state index in [1.807, 2.05) is 13.8 Å². The molecule has 60 valence electrons. The lowest BCUT2D eigenvalue weighted by molar-refractivity contribution is -0.119. The summed E-state index contributed by atoms with van der Waals surface area (Å²) in [4.78, 5) is 10.9. The van der Waals surface area contributed by atoms with Crippen molar-refractivity contribution in [2.24, 2.45) is 0 Å². The van der Waals surface area contributed by atoms with Crippen molar-refractivity contribution in [3.8, 4) is 0 Å². The highest BCUT2D eigenvalue weighted by atomic mass is 32.1. The van der Waals surface area contributed by atoms with E-state index in [0.717, 1.165) is 6.42 Å². The van der Waals surface area contributed by atoms with Gasteiger partial charge >= 0.3 is 0 Å². The molecule has 0 aliphatic carbocycles. The number of hydrogen-bond donors (Lipinski definition) is 1. The Morgan fingerprint density at radius 1 is 1.50 bits per heavy atom. The Balaban J connectivity index is 3.76. The van der Waals surface area contributed by atoms with Crippen molar-refractivity contribution in [1.29, 1.82) is 0 Å². The zero-order chi connectivity index (χ0) is 8.20. The van der Waals surface area contributed by atoms with Gasteiger partial charge < -0.3 is 0 Å². The fourth-order valence-electron chi connectivity index (χ4n) is 0.675. The first-order valence-electron chi connectivity index (χ1n) is 3.76. The maximum absolute atomic E-state index is 10.9. The van der Waals surface area contributed by atoms with Gasteiger partial charge in [-0.15, -0.1) is 0 Å². The second-order valence-electron chi connectivity index (χ2n) is 2.92. The lowest BCUT2D eigenvalue weighted by Crippen LogP contribution is -2.19. The van der Waals surface area contributed by atoms with E-state index in [1.54, 1.807) is 0 Å². The molecular formula is C8H16OS. The van der Waals surface area contributed by atoms with E-state index in [-0.39, 0.29) is 4.75 Å². The minimum absolute atomic E-state index is 0.0902. The molecule has 0 N–H and O–H groups in total. The standard InChI is InChI=1S/C8H16OS/c1-4-7(9)6-8(3,10)5-2/h10H,4-6H2,1-3H3. The predicted octanol–water partition coefficient (Wildman–Crippen LogP) is 2.45. The van der Waals surface area contributed by atoms with E-state index in [4.69, 9.17) is 0 Å². The molecule has 0 spiro atoms. The first kappa shape index (κ1) is 10.0. The third kappa shape index (κ3) is 3.94. The Labute approximate surface area is 68.6 Å². The van der Waals surface area contributed by atoms with Crippen LogP contribution < -0.4 is 0 Å². The van der Waals surface area contributed by atoms with Gasteiger partial charge in [0.2, 0.25) is 0 Å². The number of ketones is 1. The van der Waals surface area contributed by atoms with E-state index < -0.39 is 0 Å². The fraction of sp³-hybridized carbons (Fsp3) is 0.875. The van der Waals surface area contributed by atoms with E-state index in [2.05, 4.69) is 19.6 Å². The van der Waals surface area contributed by atoms with Crippen molar-refractivity contribution < 1.29 is 4.79 Å². The maximum atomic E-state index is 10.9. The molecule has 10 heavy (non-hydrogen) atoms. The van der Waals surface area contributed by atoms with Gasteiger partial charge in [-0.05, 0) is 6.42 Å². The van der Waals surface area contributed by atoms with Crippen LogP contribution in [0.25, 0.3) is 0 Å². The summed E-state index contributed by atoms with van der Waals surface area (Å²) in [5.74, 6) is 0.305. The van der Waals surface area contributed by atoms with Gasteiger partial charge in [0.1, 0.15) is 5.78 Å². The van der Waals surface area contributed by atoms with Crippen LogP contribution >= 0.6 is 12.6 Å². The molecule has 0 aromatic carbocycles.